The fraction of sp³-hybridized carbons (Fsp3) is 0.625. The Hall–Kier alpha value is -1.44. The lowest BCUT2D eigenvalue weighted by molar-refractivity contribution is -0.125. The van der Waals surface area contributed by atoms with Crippen molar-refractivity contribution in [1.82, 2.24) is 20.4 Å². The third kappa shape index (κ3) is 4.76. The Morgan fingerprint density at radius 3 is 2.65 bits per heavy atom. The monoisotopic (exact) mass is 336 g/mol. The van der Waals surface area contributed by atoms with Gasteiger partial charge in [0.25, 0.3) is 0 Å². The van der Waals surface area contributed by atoms with Crippen molar-refractivity contribution in [3.63, 3.8) is 0 Å². The van der Waals surface area contributed by atoms with E-state index >= 15 is 0 Å². The van der Waals surface area contributed by atoms with Crippen LogP contribution in [-0.2, 0) is 11.3 Å². The van der Waals surface area contributed by atoms with Crippen molar-refractivity contribution in [1.29, 1.82) is 0 Å². The first-order valence-electron chi connectivity index (χ1n) is 8.22. The lowest BCUT2D eigenvalue weighted by Crippen LogP contribution is -2.55. The average molecular weight is 336 g/mol. The van der Waals surface area contributed by atoms with Crippen LogP contribution in [-0.4, -0.2) is 60.0 Å². The van der Waals surface area contributed by atoms with Gasteiger partial charge in [-0.15, -0.1) is 11.3 Å². The Balaban J connectivity index is 1.40. The first-order chi connectivity index (χ1) is 11.1. The number of nitrogens with zero attached hydrogens (tertiary/aromatic N) is 2. The van der Waals surface area contributed by atoms with E-state index in [2.05, 4.69) is 37.9 Å². The van der Waals surface area contributed by atoms with Crippen LogP contribution in [0.1, 0.15) is 24.6 Å². The van der Waals surface area contributed by atoms with Crippen molar-refractivity contribution >= 4 is 23.3 Å². The van der Waals surface area contributed by atoms with Crippen LogP contribution in [0.15, 0.2) is 17.5 Å². The number of urea groups is 1. The van der Waals surface area contributed by atoms with Crippen molar-refractivity contribution in [2.45, 2.75) is 38.4 Å². The van der Waals surface area contributed by atoms with Gasteiger partial charge in [0, 0.05) is 43.6 Å². The summed E-state index contributed by atoms with van der Waals surface area (Å²) in [6.07, 6.45) is 2.03. The van der Waals surface area contributed by atoms with Crippen molar-refractivity contribution < 1.29 is 9.59 Å². The minimum Gasteiger partial charge on any atom is -0.335 e. The molecule has 126 valence electrons. The van der Waals surface area contributed by atoms with Gasteiger partial charge in [0.2, 0.25) is 5.91 Å². The second-order valence-corrected chi connectivity index (χ2v) is 7.34. The van der Waals surface area contributed by atoms with E-state index in [1.807, 2.05) is 6.92 Å². The number of amides is 3. The maximum atomic E-state index is 12.2. The standard InChI is InChI=1S/C16H24N4O2S/c1-12(15(21)18-16(22)17-13-4-5-13)20-8-6-19(7-9-20)11-14-3-2-10-23-14/h2-3,10,12-13H,4-9,11H2,1H3,(H2,17,18,21,22). The molecule has 2 fully saturated rings. The van der Waals surface area contributed by atoms with Gasteiger partial charge in [-0.1, -0.05) is 6.07 Å². The molecule has 23 heavy (non-hydrogen) atoms. The summed E-state index contributed by atoms with van der Waals surface area (Å²) in [4.78, 5) is 29.7. The van der Waals surface area contributed by atoms with Gasteiger partial charge in [-0.2, -0.15) is 0 Å². The molecule has 1 unspecified atom stereocenters. The van der Waals surface area contributed by atoms with E-state index in [9.17, 15) is 9.59 Å². The lowest BCUT2D eigenvalue weighted by Gasteiger charge is -2.37. The van der Waals surface area contributed by atoms with Crippen molar-refractivity contribution in [3.8, 4) is 0 Å². The van der Waals surface area contributed by atoms with E-state index in [-0.39, 0.29) is 24.0 Å². The third-order valence-corrected chi connectivity index (χ3v) is 5.30. The molecule has 0 aromatic carbocycles. The second kappa shape index (κ2) is 7.42. The molecular weight excluding hydrogens is 312 g/mol. The highest BCUT2D eigenvalue weighted by Crippen LogP contribution is 2.18. The molecule has 2 heterocycles. The van der Waals surface area contributed by atoms with Gasteiger partial charge in [0.05, 0.1) is 6.04 Å². The van der Waals surface area contributed by atoms with E-state index in [4.69, 9.17) is 0 Å². The Morgan fingerprint density at radius 2 is 2.04 bits per heavy atom. The minimum atomic E-state index is -0.360. The number of rotatable bonds is 5. The molecule has 1 aromatic heterocycles. The summed E-state index contributed by atoms with van der Waals surface area (Å²) < 4.78 is 0. The zero-order valence-electron chi connectivity index (χ0n) is 13.5. The Labute approximate surface area is 140 Å². The number of hydrogen-bond donors (Lipinski definition) is 2. The van der Waals surface area contributed by atoms with Crippen LogP contribution >= 0.6 is 11.3 Å². The highest BCUT2D eigenvalue weighted by molar-refractivity contribution is 7.09. The zero-order chi connectivity index (χ0) is 16.2. The molecule has 3 amide bonds. The summed E-state index contributed by atoms with van der Waals surface area (Å²) in [5, 5.41) is 7.33. The molecule has 1 saturated heterocycles. The molecule has 2 N–H and O–H groups in total. The number of carbonyl (C=O) groups excluding carboxylic acids is 2. The van der Waals surface area contributed by atoms with E-state index < -0.39 is 0 Å². The van der Waals surface area contributed by atoms with Gasteiger partial charge in [-0.3, -0.25) is 19.9 Å². The molecule has 1 atom stereocenters. The first-order valence-corrected chi connectivity index (χ1v) is 9.10. The number of hydrogen-bond acceptors (Lipinski definition) is 5. The smallest absolute Gasteiger partial charge is 0.321 e. The molecule has 6 nitrogen and oxygen atoms in total. The molecular formula is C16H24N4O2S. The largest absolute Gasteiger partial charge is 0.335 e. The van der Waals surface area contributed by atoms with Crippen LogP contribution in [0.5, 0.6) is 0 Å². The van der Waals surface area contributed by atoms with E-state index in [1.54, 1.807) is 11.3 Å². The molecule has 0 radical (unpaired) electrons. The summed E-state index contributed by atoms with van der Waals surface area (Å²) in [5.41, 5.74) is 0. The topological polar surface area (TPSA) is 64.7 Å². The Morgan fingerprint density at radius 1 is 1.30 bits per heavy atom. The van der Waals surface area contributed by atoms with Crippen molar-refractivity contribution in [2.24, 2.45) is 0 Å². The molecule has 3 rings (SSSR count). The van der Waals surface area contributed by atoms with Gasteiger partial charge < -0.3 is 5.32 Å². The zero-order valence-corrected chi connectivity index (χ0v) is 14.3. The maximum absolute atomic E-state index is 12.2. The van der Waals surface area contributed by atoms with Crippen molar-refractivity contribution in [3.05, 3.63) is 22.4 Å². The third-order valence-electron chi connectivity index (χ3n) is 4.44. The van der Waals surface area contributed by atoms with Gasteiger partial charge in [-0.25, -0.2) is 4.79 Å². The van der Waals surface area contributed by atoms with Gasteiger partial charge in [0.15, 0.2) is 0 Å². The molecule has 1 aromatic rings. The normalized spacial score (nSPS) is 20.9. The van der Waals surface area contributed by atoms with E-state index in [0.717, 1.165) is 45.6 Å². The second-order valence-electron chi connectivity index (χ2n) is 6.30. The molecule has 2 aliphatic rings. The van der Waals surface area contributed by atoms with Gasteiger partial charge >= 0.3 is 6.03 Å². The minimum absolute atomic E-state index is 0.213. The predicted molar refractivity (Wildman–Crippen MR) is 90.3 cm³/mol. The van der Waals surface area contributed by atoms with E-state index in [0.29, 0.717) is 0 Å². The number of thiophene rings is 1. The molecule has 1 aliphatic carbocycles. The maximum Gasteiger partial charge on any atom is 0.321 e. The van der Waals surface area contributed by atoms with Gasteiger partial charge in [0.1, 0.15) is 0 Å². The van der Waals surface area contributed by atoms with Crippen LogP contribution in [0.2, 0.25) is 0 Å². The average Bonchev–Trinajstić information content (AvgIpc) is 3.20. The fourth-order valence-corrected chi connectivity index (χ4v) is 3.51. The van der Waals surface area contributed by atoms with Crippen LogP contribution < -0.4 is 10.6 Å². The molecule has 7 heteroatoms. The number of piperazine rings is 1. The molecule has 0 bridgehead atoms. The predicted octanol–water partition coefficient (Wildman–Crippen LogP) is 1.24. The summed E-state index contributed by atoms with van der Waals surface area (Å²) in [5.74, 6) is -0.213. The Bertz CT molecular complexity index is 536. The molecule has 0 spiro atoms. The van der Waals surface area contributed by atoms with Crippen LogP contribution in [0.3, 0.4) is 0 Å². The highest BCUT2D eigenvalue weighted by Gasteiger charge is 2.28. The van der Waals surface area contributed by atoms with Crippen LogP contribution in [0.4, 0.5) is 4.79 Å². The number of imide groups is 1. The summed E-state index contributed by atoms with van der Waals surface area (Å²) in [7, 11) is 0. The summed E-state index contributed by atoms with van der Waals surface area (Å²) >= 11 is 1.78. The van der Waals surface area contributed by atoms with E-state index in [1.165, 1.54) is 4.88 Å². The van der Waals surface area contributed by atoms with Crippen LogP contribution in [0.25, 0.3) is 0 Å². The summed E-state index contributed by atoms with van der Waals surface area (Å²) in [6.45, 7) is 6.45. The van der Waals surface area contributed by atoms with Crippen LogP contribution in [0, 0.1) is 0 Å². The molecule has 1 saturated carbocycles. The Kier molecular flexibility index (Phi) is 5.30. The fourth-order valence-electron chi connectivity index (χ4n) is 2.76. The number of nitrogens with one attached hydrogen (secondary N) is 2. The highest BCUT2D eigenvalue weighted by atomic mass is 32.1. The first kappa shape index (κ1) is 16.4. The van der Waals surface area contributed by atoms with Crippen molar-refractivity contribution in [2.75, 3.05) is 26.2 Å². The molecule has 1 aliphatic heterocycles. The SMILES string of the molecule is CC(C(=O)NC(=O)NC1CC1)N1CCN(Cc2cccs2)CC1. The lowest BCUT2D eigenvalue weighted by atomic mass is 10.2. The summed E-state index contributed by atoms with van der Waals surface area (Å²) in [6, 6.07) is 3.87. The number of carbonyl (C=O) groups is 2. The quantitative estimate of drug-likeness (QED) is 0.849. The van der Waals surface area contributed by atoms with Gasteiger partial charge in [-0.05, 0) is 31.2 Å².